The van der Waals surface area contributed by atoms with E-state index in [1.807, 2.05) is 13.8 Å². The van der Waals surface area contributed by atoms with Crippen LogP contribution in [-0.2, 0) is 0 Å². The van der Waals surface area contributed by atoms with E-state index in [2.05, 4.69) is 10.6 Å². The largest absolute Gasteiger partial charge is 0.506 e. The van der Waals surface area contributed by atoms with Crippen molar-refractivity contribution in [2.24, 2.45) is 0 Å². The average molecular weight is 267 g/mol. The van der Waals surface area contributed by atoms with Crippen molar-refractivity contribution in [3.05, 3.63) is 18.2 Å². The van der Waals surface area contributed by atoms with E-state index >= 15 is 0 Å². The van der Waals surface area contributed by atoms with Crippen molar-refractivity contribution in [3.8, 4) is 5.75 Å². The number of anilines is 2. The Balaban J connectivity index is 2.71. The van der Waals surface area contributed by atoms with Crippen molar-refractivity contribution in [2.75, 3.05) is 36.9 Å². The van der Waals surface area contributed by atoms with Crippen LogP contribution in [0, 0.1) is 0 Å². The van der Waals surface area contributed by atoms with Crippen LogP contribution in [-0.4, -0.2) is 47.4 Å². The lowest BCUT2D eigenvalue weighted by atomic mass is 10.2. The number of urea groups is 1. The van der Waals surface area contributed by atoms with Crippen LogP contribution in [0.4, 0.5) is 16.2 Å². The van der Waals surface area contributed by atoms with Gasteiger partial charge in [0, 0.05) is 31.4 Å². The van der Waals surface area contributed by atoms with Gasteiger partial charge in [-0.25, -0.2) is 4.79 Å². The SMILES string of the molecule is CCN(CC)C(=O)Nc1ccc(NCCO)cc1O. The molecule has 4 N–H and O–H groups in total. The van der Waals surface area contributed by atoms with Gasteiger partial charge in [-0.3, -0.25) is 0 Å². The van der Waals surface area contributed by atoms with Crippen molar-refractivity contribution < 1.29 is 15.0 Å². The lowest BCUT2D eigenvalue weighted by molar-refractivity contribution is 0.217. The lowest BCUT2D eigenvalue weighted by Gasteiger charge is -2.19. The predicted octanol–water partition coefficient (Wildman–Crippen LogP) is 1.67. The Hall–Kier alpha value is -1.95. The topological polar surface area (TPSA) is 84.8 Å². The summed E-state index contributed by atoms with van der Waals surface area (Å²) >= 11 is 0. The van der Waals surface area contributed by atoms with Gasteiger partial charge in [-0.05, 0) is 26.0 Å². The van der Waals surface area contributed by atoms with Crippen molar-refractivity contribution in [1.82, 2.24) is 4.90 Å². The highest BCUT2D eigenvalue weighted by Gasteiger charge is 2.11. The molecule has 1 aromatic rings. The second-order valence-electron chi connectivity index (χ2n) is 3.98. The maximum Gasteiger partial charge on any atom is 0.321 e. The highest BCUT2D eigenvalue weighted by atomic mass is 16.3. The highest BCUT2D eigenvalue weighted by Crippen LogP contribution is 2.26. The number of aliphatic hydroxyl groups excluding tert-OH is 1. The maximum atomic E-state index is 11.8. The Morgan fingerprint density at radius 3 is 2.53 bits per heavy atom. The molecule has 0 heterocycles. The van der Waals surface area contributed by atoms with Gasteiger partial charge in [0.2, 0.25) is 0 Å². The molecule has 0 saturated carbocycles. The van der Waals surface area contributed by atoms with E-state index in [1.165, 1.54) is 6.07 Å². The molecule has 1 aromatic carbocycles. The molecule has 1 rings (SSSR count). The Kier molecular flexibility index (Phi) is 5.95. The smallest absolute Gasteiger partial charge is 0.321 e. The third-order valence-electron chi connectivity index (χ3n) is 2.73. The molecule has 0 aliphatic rings. The quantitative estimate of drug-likeness (QED) is 0.591. The molecule has 0 aliphatic carbocycles. The van der Waals surface area contributed by atoms with E-state index in [1.54, 1.807) is 17.0 Å². The maximum absolute atomic E-state index is 11.8. The predicted molar refractivity (Wildman–Crippen MR) is 75.6 cm³/mol. The standard InChI is InChI=1S/C13H21N3O3/c1-3-16(4-2)13(19)15-11-6-5-10(9-12(11)18)14-7-8-17/h5-6,9,14,17-18H,3-4,7-8H2,1-2H3,(H,15,19). The summed E-state index contributed by atoms with van der Waals surface area (Å²) in [4.78, 5) is 13.5. The first-order valence-electron chi connectivity index (χ1n) is 6.36. The molecule has 0 fully saturated rings. The van der Waals surface area contributed by atoms with Gasteiger partial charge < -0.3 is 25.7 Å². The Labute approximate surface area is 113 Å². The van der Waals surface area contributed by atoms with E-state index in [0.29, 0.717) is 31.0 Å². The number of phenols is 1. The number of nitrogens with one attached hydrogen (secondary N) is 2. The van der Waals surface area contributed by atoms with Gasteiger partial charge in [0.1, 0.15) is 5.75 Å². The molecule has 0 aliphatic heterocycles. The van der Waals surface area contributed by atoms with Crippen LogP contribution in [0.5, 0.6) is 5.75 Å². The fourth-order valence-electron chi connectivity index (χ4n) is 1.65. The summed E-state index contributed by atoms with van der Waals surface area (Å²) in [5.41, 5.74) is 1.05. The Morgan fingerprint density at radius 1 is 1.32 bits per heavy atom. The normalized spacial score (nSPS) is 10.1. The molecule has 0 unspecified atom stereocenters. The third kappa shape index (κ3) is 4.33. The van der Waals surface area contributed by atoms with Crippen molar-refractivity contribution >= 4 is 17.4 Å². The van der Waals surface area contributed by atoms with Crippen molar-refractivity contribution in [3.63, 3.8) is 0 Å². The van der Waals surface area contributed by atoms with Crippen LogP contribution in [0.1, 0.15) is 13.8 Å². The van der Waals surface area contributed by atoms with Crippen LogP contribution in [0.15, 0.2) is 18.2 Å². The molecular weight excluding hydrogens is 246 g/mol. The van der Waals surface area contributed by atoms with Gasteiger partial charge in [0.15, 0.2) is 0 Å². The van der Waals surface area contributed by atoms with E-state index in [9.17, 15) is 9.90 Å². The van der Waals surface area contributed by atoms with Crippen LogP contribution in [0.3, 0.4) is 0 Å². The third-order valence-corrected chi connectivity index (χ3v) is 2.73. The monoisotopic (exact) mass is 267 g/mol. The first-order chi connectivity index (χ1) is 9.12. The zero-order chi connectivity index (χ0) is 14.3. The van der Waals surface area contributed by atoms with Crippen LogP contribution in [0.2, 0.25) is 0 Å². The van der Waals surface area contributed by atoms with Gasteiger partial charge in [0.25, 0.3) is 0 Å². The molecular formula is C13H21N3O3. The minimum absolute atomic E-state index is 0.0107. The summed E-state index contributed by atoms with van der Waals surface area (Å²) in [6.45, 7) is 5.43. The summed E-state index contributed by atoms with van der Waals surface area (Å²) in [7, 11) is 0. The molecule has 2 amide bonds. The van der Waals surface area contributed by atoms with Gasteiger partial charge in [0.05, 0.1) is 12.3 Å². The second kappa shape index (κ2) is 7.48. The minimum atomic E-state index is -0.239. The first-order valence-corrected chi connectivity index (χ1v) is 6.36. The number of aliphatic hydroxyl groups is 1. The van der Waals surface area contributed by atoms with E-state index in [-0.39, 0.29) is 18.4 Å². The molecule has 0 spiro atoms. The number of amides is 2. The highest BCUT2D eigenvalue weighted by molar-refractivity contribution is 5.91. The van der Waals surface area contributed by atoms with E-state index in [0.717, 1.165) is 0 Å². The number of carbonyl (C=O) groups excluding carboxylic acids is 1. The molecule has 0 saturated heterocycles. The van der Waals surface area contributed by atoms with E-state index < -0.39 is 0 Å². The van der Waals surface area contributed by atoms with E-state index in [4.69, 9.17) is 5.11 Å². The van der Waals surface area contributed by atoms with Gasteiger partial charge in [-0.15, -0.1) is 0 Å². The number of benzene rings is 1. The summed E-state index contributed by atoms with van der Waals surface area (Å²) < 4.78 is 0. The van der Waals surface area contributed by atoms with Crippen molar-refractivity contribution in [1.29, 1.82) is 0 Å². The molecule has 0 atom stereocenters. The van der Waals surface area contributed by atoms with Crippen LogP contribution < -0.4 is 10.6 Å². The Bertz CT molecular complexity index is 420. The number of hydrogen-bond acceptors (Lipinski definition) is 4. The number of carbonyl (C=O) groups is 1. The zero-order valence-corrected chi connectivity index (χ0v) is 11.3. The Morgan fingerprint density at radius 2 is 2.00 bits per heavy atom. The minimum Gasteiger partial charge on any atom is -0.506 e. The van der Waals surface area contributed by atoms with Crippen LogP contribution >= 0.6 is 0 Å². The van der Waals surface area contributed by atoms with Gasteiger partial charge in [-0.2, -0.15) is 0 Å². The van der Waals surface area contributed by atoms with Crippen LogP contribution in [0.25, 0.3) is 0 Å². The molecule has 0 bridgehead atoms. The molecule has 0 radical (unpaired) electrons. The molecule has 19 heavy (non-hydrogen) atoms. The summed E-state index contributed by atoms with van der Waals surface area (Å²) in [5.74, 6) is -0.0107. The molecule has 6 heteroatoms. The zero-order valence-electron chi connectivity index (χ0n) is 11.3. The fourth-order valence-corrected chi connectivity index (χ4v) is 1.65. The molecule has 6 nitrogen and oxygen atoms in total. The number of rotatable bonds is 6. The van der Waals surface area contributed by atoms with Gasteiger partial charge >= 0.3 is 6.03 Å². The fraction of sp³-hybridized carbons (Fsp3) is 0.462. The lowest BCUT2D eigenvalue weighted by Crippen LogP contribution is -2.34. The number of nitrogens with zero attached hydrogens (tertiary/aromatic N) is 1. The van der Waals surface area contributed by atoms with Crippen molar-refractivity contribution in [2.45, 2.75) is 13.8 Å². The van der Waals surface area contributed by atoms with Gasteiger partial charge in [-0.1, -0.05) is 0 Å². The number of aromatic hydroxyl groups is 1. The number of phenolic OH excluding ortho intramolecular Hbond substituents is 1. The second-order valence-corrected chi connectivity index (χ2v) is 3.98. The average Bonchev–Trinajstić information content (AvgIpc) is 2.40. The molecule has 0 aromatic heterocycles. The summed E-state index contributed by atoms with van der Waals surface area (Å²) in [6, 6.07) is 4.62. The summed E-state index contributed by atoms with van der Waals surface area (Å²) in [6.07, 6.45) is 0. The summed E-state index contributed by atoms with van der Waals surface area (Å²) in [5, 5.41) is 24.1. The molecule has 106 valence electrons. The first kappa shape index (κ1) is 15.1. The number of hydrogen-bond donors (Lipinski definition) is 4.